The lowest BCUT2D eigenvalue weighted by Gasteiger charge is -2.35. The summed E-state index contributed by atoms with van der Waals surface area (Å²) in [5.74, 6) is -1.65. The fourth-order valence-electron chi connectivity index (χ4n) is 4.26. The number of nitro groups is 1. The lowest BCUT2D eigenvalue weighted by atomic mass is 9.96. The summed E-state index contributed by atoms with van der Waals surface area (Å²) >= 11 is 12.1. The van der Waals surface area contributed by atoms with Crippen molar-refractivity contribution in [3.05, 3.63) is 46.0 Å². The lowest BCUT2D eigenvalue weighted by Crippen LogP contribution is -2.57. The SMILES string of the molecule is Br.CCCC(NC(=O)C(CCCN=C(N)N[N+](=O)[O-])NC(=O)C(N)C(c1ccccc1)N(CCCl)CCCl)C(=O)OCC. The van der Waals surface area contributed by atoms with Gasteiger partial charge in [0.25, 0.3) is 5.96 Å². The van der Waals surface area contributed by atoms with Crippen LogP contribution in [0.3, 0.4) is 0 Å². The molecule has 1 aromatic rings. The Labute approximate surface area is 272 Å². The van der Waals surface area contributed by atoms with Crippen LogP contribution in [0.4, 0.5) is 0 Å². The van der Waals surface area contributed by atoms with Crippen LogP contribution in [0, 0.1) is 10.1 Å². The summed E-state index contributed by atoms with van der Waals surface area (Å²) in [5.41, 5.74) is 14.5. The van der Waals surface area contributed by atoms with E-state index in [2.05, 4.69) is 15.6 Å². The third kappa shape index (κ3) is 15.0. The van der Waals surface area contributed by atoms with Gasteiger partial charge in [-0.2, -0.15) is 0 Å². The van der Waals surface area contributed by atoms with Gasteiger partial charge in [-0.05, 0) is 31.7 Å². The number of carbonyl (C=O) groups excluding carboxylic acids is 3. The van der Waals surface area contributed by atoms with E-state index in [-0.39, 0.29) is 54.7 Å². The molecule has 0 bridgehead atoms. The molecule has 1 aromatic carbocycles. The Morgan fingerprint density at radius 2 is 1.65 bits per heavy atom. The molecule has 1 rings (SSSR count). The van der Waals surface area contributed by atoms with Crippen LogP contribution < -0.4 is 27.5 Å². The van der Waals surface area contributed by atoms with E-state index in [9.17, 15) is 24.5 Å². The van der Waals surface area contributed by atoms with Gasteiger partial charge in [-0.15, -0.1) is 40.2 Å². The second kappa shape index (κ2) is 22.8. The number of hydrogen-bond donors (Lipinski definition) is 5. The van der Waals surface area contributed by atoms with E-state index < -0.39 is 52.9 Å². The molecule has 14 nitrogen and oxygen atoms in total. The molecule has 0 spiro atoms. The van der Waals surface area contributed by atoms with Crippen LogP contribution in [-0.2, 0) is 19.1 Å². The van der Waals surface area contributed by atoms with Gasteiger partial charge < -0.3 is 26.8 Å². The maximum Gasteiger partial charge on any atom is 0.328 e. The predicted octanol–water partition coefficient (Wildman–Crippen LogP) is 1.62. The van der Waals surface area contributed by atoms with E-state index >= 15 is 0 Å². The summed E-state index contributed by atoms with van der Waals surface area (Å²) in [4.78, 5) is 55.6. The Hall–Kier alpha value is -2.72. The molecule has 17 heteroatoms. The quantitative estimate of drug-likeness (QED) is 0.0251. The fourth-order valence-corrected chi connectivity index (χ4v) is 4.69. The number of amides is 2. The molecule has 43 heavy (non-hydrogen) atoms. The molecule has 0 aliphatic carbocycles. The van der Waals surface area contributed by atoms with Gasteiger partial charge in [0.05, 0.1) is 12.6 Å². The second-order valence-electron chi connectivity index (χ2n) is 9.24. The highest BCUT2D eigenvalue weighted by Gasteiger charge is 2.34. The number of hydrazine groups is 1. The van der Waals surface area contributed by atoms with Crippen LogP contribution in [0.25, 0.3) is 0 Å². The van der Waals surface area contributed by atoms with Gasteiger partial charge in [0, 0.05) is 31.4 Å². The maximum atomic E-state index is 13.6. The fraction of sp³-hybridized carbons (Fsp3) is 0.615. The number of carbonyl (C=O) groups is 3. The monoisotopic (exact) mass is 712 g/mol. The van der Waals surface area contributed by atoms with Crippen molar-refractivity contribution < 1.29 is 24.2 Å². The summed E-state index contributed by atoms with van der Waals surface area (Å²) in [7, 11) is 0. The van der Waals surface area contributed by atoms with Crippen molar-refractivity contribution in [3.63, 3.8) is 0 Å². The minimum absolute atomic E-state index is 0. The number of aliphatic imine (C=N–C) groups is 1. The Balaban J connectivity index is 0.0000176. The first-order valence-corrected chi connectivity index (χ1v) is 14.8. The molecule has 0 fully saturated rings. The Morgan fingerprint density at radius 3 is 2.19 bits per heavy atom. The number of nitrogens with zero attached hydrogens (tertiary/aromatic N) is 3. The molecular formula is C26H43BrCl2N8O6. The molecule has 0 radical (unpaired) electrons. The van der Waals surface area contributed by atoms with Crippen LogP contribution in [0.2, 0.25) is 0 Å². The molecule has 0 heterocycles. The summed E-state index contributed by atoms with van der Waals surface area (Å²) < 4.78 is 5.08. The molecular weight excluding hydrogens is 671 g/mol. The Bertz CT molecular complexity index is 1020. The number of alkyl halides is 2. The molecule has 0 saturated carbocycles. The number of benzene rings is 1. The van der Waals surface area contributed by atoms with Gasteiger partial charge in [0.1, 0.15) is 18.1 Å². The second-order valence-corrected chi connectivity index (χ2v) is 9.99. The van der Waals surface area contributed by atoms with Crippen molar-refractivity contribution in [3.8, 4) is 0 Å². The highest BCUT2D eigenvalue weighted by Crippen LogP contribution is 2.24. The molecule has 0 saturated heterocycles. The van der Waals surface area contributed by atoms with Crippen molar-refractivity contribution in [1.29, 1.82) is 0 Å². The van der Waals surface area contributed by atoms with E-state index in [0.717, 1.165) is 5.56 Å². The third-order valence-electron chi connectivity index (χ3n) is 6.16. The molecule has 0 aliphatic rings. The van der Waals surface area contributed by atoms with Crippen LogP contribution in [0.5, 0.6) is 0 Å². The van der Waals surface area contributed by atoms with Crippen LogP contribution in [0.1, 0.15) is 51.1 Å². The van der Waals surface area contributed by atoms with Gasteiger partial charge in [0.2, 0.25) is 11.8 Å². The first-order valence-electron chi connectivity index (χ1n) is 13.7. The Kier molecular flexibility index (Phi) is 21.3. The molecule has 0 aliphatic heterocycles. The normalized spacial score (nSPS) is 14.0. The highest BCUT2D eigenvalue weighted by atomic mass is 79.9. The largest absolute Gasteiger partial charge is 0.464 e. The zero-order valence-corrected chi connectivity index (χ0v) is 27.6. The minimum Gasteiger partial charge on any atom is -0.464 e. The average molecular weight is 714 g/mol. The van der Waals surface area contributed by atoms with E-state index in [1.54, 1.807) is 12.3 Å². The number of guanidine groups is 1. The molecule has 0 aromatic heterocycles. The van der Waals surface area contributed by atoms with Crippen LogP contribution in [0.15, 0.2) is 35.3 Å². The van der Waals surface area contributed by atoms with Crippen molar-refractivity contribution in [2.75, 3.05) is 38.0 Å². The predicted molar refractivity (Wildman–Crippen MR) is 172 cm³/mol. The summed E-state index contributed by atoms with van der Waals surface area (Å²) in [5, 5.41) is 15.1. The number of hydrogen-bond acceptors (Lipinski definition) is 9. The van der Waals surface area contributed by atoms with Crippen molar-refractivity contribution in [1.82, 2.24) is 21.0 Å². The van der Waals surface area contributed by atoms with Crippen molar-refractivity contribution in [2.24, 2.45) is 16.5 Å². The third-order valence-corrected chi connectivity index (χ3v) is 6.50. The summed E-state index contributed by atoms with van der Waals surface area (Å²) in [6.45, 7) is 4.51. The van der Waals surface area contributed by atoms with Gasteiger partial charge >= 0.3 is 5.97 Å². The van der Waals surface area contributed by atoms with Crippen LogP contribution in [-0.4, -0.2) is 89.8 Å². The number of halogens is 3. The van der Waals surface area contributed by atoms with Crippen LogP contribution >= 0.6 is 40.2 Å². The topological polar surface area (TPSA) is 207 Å². The number of esters is 1. The minimum atomic E-state index is -1.12. The number of ether oxygens (including phenoxy) is 1. The standard InChI is InChI=1S/C26H42Cl2N8O6.BrH/c1-3-9-20(25(39)42-4-2)33-23(37)19(12-8-15-31-26(30)34-36(40)41)32-24(38)21(29)22(18-10-6-5-7-11-18)35(16-13-27)17-14-28;/h5-7,10-11,19-22H,3-4,8-9,12-17,29H2,1-2H3,(H,32,38)(H,33,37)(H3,30,31,34);1H. The summed E-state index contributed by atoms with van der Waals surface area (Å²) in [6.07, 6.45) is 1.22. The van der Waals surface area contributed by atoms with Gasteiger partial charge in [-0.3, -0.25) is 14.5 Å². The van der Waals surface area contributed by atoms with Gasteiger partial charge in [0.15, 0.2) is 5.03 Å². The van der Waals surface area contributed by atoms with E-state index in [4.69, 9.17) is 39.4 Å². The van der Waals surface area contributed by atoms with Gasteiger partial charge in [-0.1, -0.05) is 49.1 Å². The maximum absolute atomic E-state index is 13.6. The molecule has 2 amide bonds. The first kappa shape index (κ1) is 40.3. The first-order chi connectivity index (χ1) is 20.1. The molecule has 4 unspecified atom stereocenters. The van der Waals surface area contributed by atoms with Crippen molar-refractivity contribution in [2.45, 2.75) is 63.7 Å². The van der Waals surface area contributed by atoms with Gasteiger partial charge in [-0.25, -0.2) is 19.9 Å². The number of nitrogens with one attached hydrogen (secondary N) is 3. The lowest BCUT2D eigenvalue weighted by molar-refractivity contribution is -0.525. The van der Waals surface area contributed by atoms with E-state index in [0.29, 0.717) is 25.9 Å². The zero-order chi connectivity index (χ0) is 31.5. The summed E-state index contributed by atoms with van der Waals surface area (Å²) in [6, 6.07) is 5.43. The molecule has 7 N–H and O–H groups in total. The zero-order valence-electron chi connectivity index (χ0n) is 24.4. The van der Waals surface area contributed by atoms with Crippen molar-refractivity contribution >= 4 is 63.9 Å². The number of nitrogens with two attached hydrogens (primary N) is 2. The van der Waals surface area contributed by atoms with E-state index in [1.165, 1.54) is 0 Å². The Morgan fingerprint density at radius 1 is 1.05 bits per heavy atom. The molecule has 4 atom stereocenters. The molecule has 244 valence electrons. The average Bonchev–Trinajstić information content (AvgIpc) is 2.94. The highest BCUT2D eigenvalue weighted by molar-refractivity contribution is 8.93. The number of rotatable bonds is 20. The van der Waals surface area contributed by atoms with E-state index in [1.807, 2.05) is 42.2 Å². The smallest absolute Gasteiger partial charge is 0.328 e.